The summed E-state index contributed by atoms with van der Waals surface area (Å²) in [7, 11) is 3.28. The van der Waals surface area contributed by atoms with Crippen molar-refractivity contribution in [2.24, 2.45) is 11.8 Å². The molecule has 27 heavy (non-hydrogen) atoms. The number of hydrogen-bond acceptors (Lipinski definition) is 5. The summed E-state index contributed by atoms with van der Waals surface area (Å²) in [4.78, 5) is 11.3. The maximum Gasteiger partial charge on any atom is 0.146 e. The Bertz CT molecular complexity index is 554. The van der Waals surface area contributed by atoms with E-state index in [1.807, 2.05) is 24.3 Å². The van der Waals surface area contributed by atoms with Crippen LogP contribution in [0.15, 0.2) is 36.4 Å². The molecule has 0 aliphatic heterocycles. The van der Waals surface area contributed by atoms with Crippen molar-refractivity contribution in [3.63, 3.8) is 0 Å². The van der Waals surface area contributed by atoms with Crippen molar-refractivity contribution in [3.8, 4) is 5.75 Å². The second-order valence-corrected chi connectivity index (χ2v) is 6.95. The minimum atomic E-state index is 0.0657. The molecule has 0 unspecified atom stereocenters. The van der Waals surface area contributed by atoms with Gasteiger partial charge >= 0.3 is 0 Å². The lowest BCUT2D eigenvalue weighted by Crippen LogP contribution is -2.10. The molecule has 1 fully saturated rings. The van der Waals surface area contributed by atoms with Crippen LogP contribution in [0.5, 0.6) is 5.75 Å². The number of rotatable bonds is 13. The molecule has 2 rings (SSSR count). The average molecular weight is 376 g/mol. The summed E-state index contributed by atoms with van der Waals surface area (Å²) in [6.07, 6.45) is 10.4. The van der Waals surface area contributed by atoms with Crippen molar-refractivity contribution in [1.29, 1.82) is 0 Å². The summed E-state index contributed by atoms with van der Waals surface area (Å²) in [5.41, 5.74) is 1.15. The molecule has 0 spiro atoms. The van der Waals surface area contributed by atoms with E-state index in [0.29, 0.717) is 13.4 Å². The number of benzene rings is 1. The third kappa shape index (κ3) is 7.83. The Morgan fingerprint density at radius 3 is 2.56 bits per heavy atom. The van der Waals surface area contributed by atoms with E-state index in [2.05, 4.69) is 12.2 Å². The fourth-order valence-corrected chi connectivity index (χ4v) is 3.38. The first kappa shape index (κ1) is 21.6. The molecule has 1 saturated carbocycles. The van der Waals surface area contributed by atoms with E-state index in [-0.39, 0.29) is 17.9 Å². The van der Waals surface area contributed by atoms with Gasteiger partial charge in [0.15, 0.2) is 0 Å². The Labute approximate surface area is 162 Å². The molecule has 1 aliphatic rings. The van der Waals surface area contributed by atoms with Gasteiger partial charge in [0, 0.05) is 19.6 Å². The van der Waals surface area contributed by atoms with Crippen molar-refractivity contribution in [2.75, 3.05) is 27.6 Å². The van der Waals surface area contributed by atoms with Crippen molar-refractivity contribution in [3.05, 3.63) is 42.0 Å². The number of carbonyl (C=O) groups excluding carboxylic acids is 1. The van der Waals surface area contributed by atoms with E-state index in [1.54, 1.807) is 14.2 Å². The molecule has 1 aromatic rings. The number of unbranched alkanes of at least 4 members (excludes halogenated alkanes) is 2. The molecule has 1 aliphatic carbocycles. The number of hydrogen-bond donors (Lipinski definition) is 0. The minimum Gasteiger partial charge on any atom is -0.497 e. The van der Waals surface area contributed by atoms with Gasteiger partial charge < -0.3 is 23.7 Å². The van der Waals surface area contributed by atoms with Crippen LogP contribution in [-0.4, -0.2) is 40.0 Å². The molecule has 0 saturated heterocycles. The lowest BCUT2D eigenvalue weighted by molar-refractivity contribution is -0.112. The zero-order chi connectivity index (χ0) is 19.3. The summed E-state index contributed by atoms with van der Waals surface area (Å²) in [6, 6.07) is 7.94. The van der Waals surface area contributed by atoms with Gasteiger partial charge in [0.1, 0.15) is 18.8 Å². The van der Waals surface area contributed by atoms with Gasteiger partial charge in [-0.15, -0.1) is 0 Å². The van der Waals surface area contributed by atoms with Gasteiger partial charge in [-0.2, -0.15) is 0 Å². The van der Waals surface area contributed by atoms with Gasteiger partial charge in [-0.1, -0.05) is 24.3 Å². The van der Waals surface area contributed by atoms with Crippen LogP contribution >= 0.6 is 0 Å². The molecule has 5 nitrogen and oxygen atoms in total. The highest BCUT2D eigenvalue weighted by Gasteiger charge is 2.32. The second kappa shape index (κ2) is 12.7. The molecule has 3 atom stereocenters. The van der Waals surface area contributed by atoms with Gasteiger partial charge in [-0.3, -0.25) is 0 Å². The van der Waals surface area contributed by atoms with Crippen LogP contribution in [0.25, 0.3) is 0 Å². The first-order valence-electron chi connectivity index (χ1n) is 9.70. The zero-order valence-corrected chi connectivity index (χ0v) is 16.5. The third-order valence-electron chi connectivity index (χ3n) is 4.94. The Balaban J connectivity index is 1.55. The molecule has 0 N–H and O–H groups in total. The Morgan fingerprint density at radius 1 is 1.07 bits per heavy atom. The lowest BCUT2D eigenvalue weighted by Gasteiger charge is -2.09. The third-order valence-corrected chi connectivity index (χ3v) is 4.94. The van der Waals surface area contributed by atoms with E-state index in [9.17, 15) is 4.79 Å². The smallest absolute Gasteiger partial charge is 0.146 e. The molecule has 5 heteroatoms. The first-order chi connectivity index (χ1) is 13.3. The maximum absolute atomic E-state index is 11.3. The van der Waals surface area contributed by atoms with Crippen LogP contribution in [0.1, 0.15) is 37.7 Å². The summed E-state index contributed by atoms with van der Waals surface area (Å²) < 4.78 is 21.4. The van der Waals surface area contributed by atoms with Crippen molar-refractivity contribution < 1.29 is 23.7 Å². The van der Waals surface area contributed by atoms with Crippen LogP contribution in [0, 0.1) is 11.8 Å². The zero-order valence-electron chi connectivity index (χ0n) is 16.5. The highest BCUT2D eigenvalue weighted by molar-refractivity contribution is 5.55. The van der Waals surface area contributed by atoms with Gasteiger partial charge in [0.05, 0.1) is 19.8 Å². The monoisotopic (exact) mass is 376 g/mol. The summed E-state index contributed by atoms with van der Waals surface area (Å²) >= 11 is 0. The second-order valence-electron chi connectivity index (χ2n) is 6.95. The van der Waals surface area contributed by atoms with Gasteiger partial charge in [-0.05, 0) is 55.7 Å². The maximum atomic E-state index is 11.3. The first-order valence-corrected chi connectivity index (χ1v) is 9.70. The number of carbonyl (C=O) groups is 1. The number of allylic oxidation sites excluding steroid dienone is 2. The van der Waals surface area contributed by atoms with Gasteiger partial charge in [0.2, 0.25) is 0 Å². The number of aldehydes is 1. The highest BCUT2D eigenvalue weighted by Crippen LogP contribution is 2.33. The predicted octanol–water partition coefficient (Wildman–Crippen LogP) is 4.15. The molecule has 0 heterocycles. The van der Waals surface area contributed by atoms with Crippen LogP contribution in [0.2, 0.25) is 0 Å². The molecular formula is C22H32O5. The molecule has 0 bridgehead atoms. The van der Waals surface area contributed by atoms with E-state index < -0.39 is 0 Å². The van der Waals surface area contributed by atoms with Crippen LogP contribution in [0.3, 0.4) is 0 Å². The molecule has 0 aromatic heterocycles. The highest BCUT2D eigenvalue weighted by atomic mass is 16.7. The SMILES string of the molecule is COCO[C@@H]1C[C@@H](C=O)[C@H](/C=C/CCCCOCc2ccc(OC)cc2)C1. The molecule has 0 amide bonds. The van der Waals surface area contributed by atoms with Crippen LogP contribution in [0.4, 0.5) is 0 Å². The lowest BCUT2D eigenvalue weighted by atomic mass is 9.97. The Hall–Kier alpha value is -1.69. The molecule has 1 aromatic carbocycles. The van der Waals surface area contributed by atoms with E-state index in [1.165, 1.54) is 0 Å². The van der Waals surface area contributed by atoms with E-state index in [0.717, 1.165) is 56.3 Å². The quantitative estimate of drug-likeness (QED) is 0.224. The summed E-state index contributed by atoms with van der Waals surface area (Å²) in [6.45, 7) is 1.68. The largest absolute Gasteiger partial charge is 0.497 e. The number of ether oxygens (including phenoxy) is 4. The standard InChI is InChI=1S/C22H32O5/c1-24-17-27-22-13-19(20(14-22)15-23)7-5-3-4-6-12-26-16-18-8-10-21(25-2)11-9-18/h5,7-11,15,19-20,22H,3-4,6,12-14,16-17H2,1-2H3/b7-5+/t19-,20+,22+/m1/s1. The molecular weight excluding hydrogens is 344 g/mol. The Morgan fingerprint density at radius 2 is 1.85 bits per heavy atom. The number of methoxy groups -OCH3 is 2. The predicted molar refractivity (Wildman–Crippen MR) is 105 cm³/mol. The Kier molecular flexibility index (Phi) is 10.1. The summed E-state index contributed by atoms with van der Waals surface area (Å²) in [5.74, 6) is 1.22. The van der Waals surface area contributed by atoms with Gasteiger partial charge in [-0.25, -0.2) is 0 Å². The topological polar surface area (TPSA) is 54.0 Å². The fraction of sp³-hybridized carbons (Fsp3) is 0.591. The average Bonchev–Trinajstić information content (AvgIpc) is 3.11. The molecule has 150 valence electrons. The normalized spacial score (nSPS) is 22.4. The van der Waals surface area contributed by atoms with Crippen LogP contribution < -0.4 is 4.74 Å². The van der Waals surface area contributed by atoms with E-state index >= 15 is 0 Å². The van der Waals surface area contributed by atoms with Crippen molar-refractivity contribution >= 4 is 6.29 Å². The van der Waals surface area contributed by atoms with Crippen molar-refractivity contribution in [1.82, 2.24) is 0 Å². The van der Waals surface area contributed by atoms with E-state index in [4.69, 9.17) is 18.9 Å². The molecule has 0 radical (unpaired) electrons. The van der Waals surface area contributed by atoms with Crippen molar-refractivity contribution in [2.45, 2.75) is 44.8 Å². The van der Waals surface area contributed by atoms with Crippen LogP contribution in [-0.2, 0) is 25.6 Å². The van der Waals surface area contributed by atoms with Gasteiger partial charge in [0.25, 0.3) is 0 Å². The minimum absolute atomic E-state index is 0.0657. The fourth-order valence-electron chi connectivity index (χ4n) is 3.38. The summed E-state index contributed by atoms with van der Waals surface area (Å²) in [5, 5.41) is 0.